The van der Waals surface area contributed by atoms with E-state index in [9.17, 15) is 4.79 Å². The zero-order valence-corrected chi connectivity index (χ0v) is 19.9. The number of hydrogen-bond acceptors (Lipinski definition) is 3. The van der Waals surface area contributed by atoms with Crippen molar-refractivity contribution in [2.24, 2.45) is 17.8 Å². The summed E-state index contributed by atoms with van der Waals surface area (Å²) in [4.78, 5) is 13.0. The van der Waals surface area contributed by atoms with Gasteiger partial charge >= 0.3 is 5.97 Å². The van der Waals surface area contributed by atoms with Gasteiger partial charge in [-0.05, 0) is 54.2 Å². The average molecular weight is 455 g/mol. The maximum absolute atomic E-state index is 13.0. The fourth-order valence-electron chi connectivity index (χ4n) is 5.61. The molecule has 0 aliphatic heterocycles. The van der Waals surface area contributed by atoms with Crippen molar-refractivity contribution >= 4 is 5.97 Å². The summed E-state index contributed by atoms with van der Waals surface area (Å²) in [6.45, 7) is 2.65. The first-order chi connectivity index (χ1) is 16.7. The van der Waals surface area contributed by atoms with E-state index in [-0.39, 0.29) is 29.8 Å². The first-order valence-corrected chi connectivity index (χ1v) is 12.7. The molecule has 5 rings (SSSR count). The van der Waals surface area contributed by atoms with Gasteiger partial charge in [0.1, 0.15) is 11.7 Å². The van der Waals surface area contributed by atoms with Gasteiger partial charge in [0.05, 0.1) is 12.5 Å². The highest BCUT2D eigenvalue weighted by molar-refractivity contribution is 5.76. The Balaban J connectivity index is 1.41. The summed E-state index contributed by atoms with van der Waals surface area (Å²) in [6.07, 6.45) is 5.70. The third kappa shape index (κ3) is 4.54. The van der Waals surface area contributed by atoms with Crippen molar-refractivity contribution in [3.05, 3.63) is 108 Å². The van der Waals surface area contributed by atoms with Gasteiger partial charge < -0.3 is 9.47 Å². The van der Waals surface area contributed by atoms with Gasteiger partial charge in [-0.25, -0.2) is 0 Å². The first-order valence-electron chi connectivity index (χ1n) is 12.7. The average Bonchev–Trinajstić information content (AvgIpc) is 3.56. The van der Waals surface area contributed by atoms with Crippen molar-refractivity contribution in [1.82, 2.24) is 0 Å². The second kappa shape index (κ2) is 10.1. The first kappa shape index (κ1) is 22.9. The molecule has 3 aromatic carbocycles. The third-order valence-electron chi connectivity index (χ3n) is 7.70. The van der Waals surface area contributed by atoms with Gasteiger partial charge in [0, 0.05) is 0 Å². The molecule has 0 spiro atoms. The minimum absolute atomic E-state index is 0.0299. The van der Waals surface area contributed by atoms with Crippen LogP contribution in [0.5, 0.6) is 0 Å². The third-order valence-corrected chi connectivity index (χ3v) is 7.70. The Bertz CT molecular complexity index is 961. The molecule has 0 amide bonds. The van der Waals surface area contributed by atoms with E-state index in [0.717, 1.165) is 29.5 Å². The number of hydrogen-bond donors (Lipinski definition) is 0. The van der Waals surface area contributed by atoms with E-state index in [2.05, 4.69) is 79.7 Å². The summed E-state index contributed by atoms with van der Waals surface area (Å²) in [6, 6.07) is 31.2. The molecule has 0 saturated heterocycles. The topological polar surface area (TPSA) is 35.5 Å². The molecule has 0 aromatic heterocycles. The second-order valence-corrected chi connectivity index (χ2v) is 9.84. The molecule has 3 atom stereocenters. The van der Waals surface area contributed by atoms with Crippen LogP contribution in [-0.4, -0.2) is 18.7 Å². The number of benzene rings is 3. The Kier molecular flexibility index (Phi) is 6.82. The number of rotatable bonds is 8. The van der Waals surface area contributed by atoms with Crippen LogP contribution < -0.4 is 0 Å². The van der Waals surface area contributed by atoms with E-state index in [0.29, 0.717) is 6.61 Å². The van der Waals surface area contributed by atoms with Crippen LogP contribution >= 0.6 is 0 Å². The number of esters is 1. The van der Waals surface area contributed by atoms with Crippen LogP contribution in [0.1, 0.15) is 55.7 Å². The van der Waals surface area contributed by atoms with Gasteiger partial charge in [-0.2, -0.15) is 0 Å². The van der Waals surface area contributed by atoms with Crippen LogP contribution in [0.4, 0.5) is 0 Å². The van der Waals surface area contributed by atoms with Crippen molar-refractivity contribution in [3.63, 3.8) is 0 Å². The summed E-state index contributed by atoms with van der Waals surface area (Å²) in [7, 11) is 0. The van der Waals surface area contributed by atoms with Crippen LogP contribution in [-0.2, 0) is 19.9 Å². The standard InChI is InChI=1S/C31H34O3/c1-23-28(29(23)30(32)34-27-20-12-5-13-21-27)22-33-31(24-14-6-2-7-15-24,25-16-8-3-9-17-25)26-18-10-4-11-19-26/h2-4,6-11,14-19,23,27-29H,5,12-13,20-22H2,1H3. The van der Waals surface area contributed by atoms with Crippen LogP contribution in [0, 0.1) is 17.8 Å². The predicted molar refractivity (Wildman–Crippen MR) is 134 cm³/mol. The second-order valence-electron chi connectivity index (χ2n) is 9.84. The highest BCUT2D eigenvalue weighted by Crippen LogP contribution is 2.50. The zero-order chi connectivity index (χ0) is 23.4. The fraction of sp³-hybridized carbons (Fsp3) is 0.387. The van der Waals surface area contributed by atoms with Crippen molar-refractivity contribution in [1.29, 1.82) is 0 Å². The predicted octanol–water partition coefficient (Wildman–Crippen LogP) is 6.75. The van der Waals surface area contributed by atoms with E-state index >= 15 is 0 Å². The normalized spacial score (nSPS) is 22.8. The lowest BCUT2D eigenvalue weighted by Gasteiger charge is -2.36. The lowest BCUT2D eigenvalue weighted by atomic mass is 9.80. The van der Waals surface area contributed by atoms with Gasteiger partial charge in [-0.3, -0.25) is 4.79 Å². The van der Waals surface area contributed by atoms with Gasteiger partial charge in [0.25, 0.3) is 0 Å². The molecule has 3 nitrogen and oxygen atoms in total. The Morgan fingerprint density at radius 3 is 1.71 bits per heavy atom. The molecule has 176 valence electrons. The molecule has 3 unspecified atom stereocenters. The van der Waals surface area contributed by atoms with E-state index in [1.165, 1.54) is 19.3 Å². The number of carbonyl (C=O) groups is 1. The molecular weight excluding hydrogens is 420 g/mol. The molecule has 0 heterocycles. The van der Waals surface area contributed by atoms with Crippen LogP contribution in [0.15, 0.2) is 91.0 Å². The van der Waals surface area contributed by atoms with Crippen LogP contribution in [0.3, 0.4) is 0 Å². The van der Waals surface area contributed by atoms with Crippen LogP contribution in [0.25, 0.3) is 0 Å². The van der Waals surface area contributed by atoms with Gasteiger partial charge in [-0.15, -0.1) is 0 Å². The molecular formula is C31H34O3. The molecule has 2 saturated carbocycles. The van der Waals surface area contributed by atoms with Crippen molar-refractivity contribution in [2.75, 3.05) is 6.61 Å². The van der Waals surface area contributed by atoms with E-state index in [1.54, 1.807) is 0 Å². The molecule has 0 N–H and O–H groups in total. The molecule has 2 aliphatic carbocycles. The van der Waals surface area contributed by atoms with Gasteiger partial charge in [-0.1, -0.05) is 104 Å². The minimum Gasteiger partial charge on any atom is -0.462 e. The molecule has 3 aromatic rings. The Labute approximate surface area is 203 Å². The van der Waals surface area contributed by atoms with E-state index in [1.807, 2.05) is 18.2 Å². The highest BCUT2D eigenvalue weighted by Gasteiger charge is 2.54. The number of carbonyl (C=O) groups excluding carboxylic acids is 1. The van der Waals surface area contributed by atoms with Crippen molar-refractivity contribution in [2.45, 2.75) is 50.7 Å². The summed E-state index contributed by atoms with van der Waals surface area (Å²) < 4.78 is 12.9. The Morgan fingerprint density at radius 1 is 0.765 bits per heavy atom. The largest absolute Gasteiger partial charge is 0.462 e. The molecule has 0 bridgehead atoms. The van der Waals surface area contributed by atoms with Crippen molar-refractivity contribution < 1.29 is 14.3 Å². The summed E-state index contributed by atoms with van der Waals surface area (Å²) in [5.74, 6) is 0.349. The molecule has 34 heavy (non-hydrogen) atoms. The van der Waals surface area contributed by atoms with E-state index < -0.39 is 5.60 Å². The fourth-order valence-corrected chi connectivity index (χ4v) is 5.61. The minimum atomic E-state index is -0.746. The van der Waals surface area contributed by atoms with E-state index in [4.69, 9.17) is 9.47 Å². The zero-order valence-electron chi connectivity index (χ0n) is 19.9. The molecule has 2 fully saturated rings. The number of ether oxygens (including phenoxy) is 2. The van der Waals surface area contributed by atoms with Crippen LogP contribution in [0.2, 0.25) is 0 Å². The SMILES string of the molecule is CC1C(COC(c2ccccc2)(c2ccccc2)c2ccccc2)C1C(=O)OC1CCCCC1. The molecule has 2 aliphatic rings. The quantitative estimate of drug-likeness (QED) is 0.279. The maximum Gasteiger partial charge on any atom is 0.309 e. The van der Waals surface area contributed by atoms with Gasteiger partial charge in [0.15, 0.2) is 0 Å². The molecule has 3 heteroatoms. The molecule has 0 radical (unpaired) electrons. The smallest absolute Gasteiger partial charge is 0.309 e. The Morgan fingerprint density at radius 2 is 1.24 bits per heavy atom. The Hall–Kier alpha value is -2.91. The lowest BCUT2D eigenvalue weighted by molar-refractivity contribution is -0.153. The summed E-state index contributed by atoms with van der Waals surface area (Å²) in [5, 5.41) is 0. The monoisotopic (exact) mass is 454 g/mol. The highest BCUT2D eigenvalue weighted by atomic mass is 16.5. The lowest BCUT2D eigenvalue weighted by Crippen LogP contribution is -2.34. The summed E-state index contributed by atoms with van der Waals surface area (Å²) >= 11 is 0. The maximum atomic E-state index is 13.0. The van der Waals surface area contributed by atoms with Gasteiger partial charge in [0.2, 0.25) is 0 Å². The van der Waals surface area contributed by atoms with Crippen molar-refractivity contribution in [3.8, 4) is 0 Å². The summed E-state index contributed by atoms with van der Waals surface area (Å²) in [5.41, 5.74) is 2.51.